The SMILES string of the molecule is CC(Cl)c1cc2cc(Br)ccc2o1. The molecule has 0 saturated carbocycles. The fourth-order valence-corrected chi connectivity index (χ4v) is 1.72. The molecule has 1 nitrogen and oxygen atoms in total. The Morgan fingerprint density at radius 1 is 1.38 bits per heavy atom. The van der Waals surface area contributed by atoms with Crippen molar-refractivity contribution >= 4 is 38.5 Å². The van der Waals surface area contributed by atoms with Gasteiger partial charge in [-0.3, -0.25) is 0 Å². The number of halogens is 2. The lowest BCUT2D eigenvalue weighted by Gasteiger charge is -1.93. The third-order valence-electron chi connectivity index (χ3n) is 1.89. The first kappa shape index (κ1) is 9.10. The van der Waals surface area contributed by atoms with Crippen molar-refractivity contribution < 1.29 is 4.42 Å². The highest BCUT2D eigenvalue weighted by Gasteiger charge is 2.08. The van der Waals surface area contributed by atoms with E-state index in [9.17, 15) is 0 Å². The number of rotatable bonds is 1. The molecule has 68 valence electrons. The quantitative estimate of drug-likeness (QED) is 0.688. The Hall–Kier alpha value is -0.470. The summed E-state index contributed by atoms with van der Waals surface area (Å²) in [5.41, 5.74) is 0.880. The minimum absolute atomic E-state index is 0.0776. The van der Waals surface area contributed by atoms with Gasteiger partial charge in [-0.1, -0.05) is 15.9 Å². The van der Waals surface area contributed by atoms with Gasteiger partial charge in [0.1, 0.15) is 11.3 Å². The van der Waals surface area contributed by atoms with Crippen molar-refractivity contribution in [2.45, 2.75) is 12.3 Å². The average Bonchev–Trinajstić information content (AvgIpc) is 2.46. The molecule has 0 radical (unpaired) electrons. The molecule has 0 aliphatic heterocycles. The van der Waals surface area contributed by atoms with Gasteiger partial charge in [0.05, 0.1) is 5.38 Å². The second-order valence-corrected chi connectivity index (χ2v) is 4.52. The second-order valence-electron chi connectivity index (χ2n) is 2.95. The van der Waals surface area contributed by atoms with Crippen LogP contribution in [0.5, 0.6) is 0 Å². The summed E-state index contributed by atoms with van der Waals surface area (Å²) in [6, 6.07) is 7.87. The Bertz CT molecular complexity index is 433. The smallest absolute Gasteiger partial charge is 0.134 e. The van der Waals surface area contributed by atoms with Gasteiger partial charge in [0.2, 0.25) is 0 Å². The van der Waals surface area contributed by atoms with Crippen molar-refractivity contribution in [3.05, 3.63) is 34.5 Å². The van der Waals surface area contributed by atoms with E-state index < -0.39 is 0 Å². The van der Waals surface area contributed by atoms with Crippen LogP contribution in [0.4, 0.5) is 0 Å². The number of hydrogen-bond acceptors (Lipinski definition) is 1. The van der Waals surface area contributed by atoms with E-state index in [1.54, 1.807) is 0 Å². The largest absolute Gasteiger partial charge is 0.460 e. The van der Waals surface area contributed by atoms with E-state index >= 15 is 0 Å². The molecule has 1 heterocycles. The first-order valence-corrected chi connectivity index (χ1v) is 5.23. The Morgan fingerprint density at radius 2 is 2.15 bits per heavy atom. The highest BCUT2D eigenvalue weighted by atomic mass is 79.9. The Balaban J connectivity index is 2.62. The highest BCUT2D eigenvalue weighted by Crippen LogP contribution is 2.28. The number of benzene rings is 1. The van der Waals surface area contributed by atoms with Crippen molar-refractivity contribution in [3.8, 4) is 0 Å². The van der Waals surface area contributed by atoms with Crippen LogP contribution in [0.3, 0.4) is 0 Å². The van der Waals surface area contributed by atoms with Gasteiger partial charge in [0.25, 0.3) is 0 Å². The van der Waals surface area contributed by atoms with E-state index in [0.29, 0.717) is 0 Å². The van der Waals surface area contributed by atoms with Gasteiger partial charge in [-0.25, -0.2) is 0 Å². The monoisotopic (exact) mass is 258 g/mol. The normalized spacial score (nSPS) is 13.5. The summed E-state index contributed by atoms with van der Waals surface area (Å²) in [6.07, 6.45) is 0. The minimum atomic E-state index is -0.0776. The molecule has 1 aromatic heterocycles. The fourth-order valence-electron chi connectivity index (χ4n) is 1.23. The molecule has 2 aromatic rings. The summed E-state index contributed by atoms with van der Waals surface area (Å²) in [7, 11) is 0. The van der Waals surface area contributed by atoms with Crippen molar-refractivity contribution in [1.29, 1.82) is 0 Å². The molecular formula is C10H8BrClO. The Kier molecular flexibility index (Phi) is 2.35. The van der Waals surface area contributed by atoms with E-state index in [1.807, 2.05) is 31.2 Å². The standard InChI is InChI=1S/C10H8BrClO/c1-6(12)10-5-7-4-8(11)2-3-9(7)13-10/h2-6H,1H3. The first-order valence-electron chi connectivity index (χ1n) is 4.00. The van der Waals surface area contributed by atoms with Gasteiger partial charge in [-0.05, 0) is 31.2 Å². The lowest BCUT2D eigenvalue weighted by molar-refractivity contribution is 0.551. The molecule has 0 fully saturated rings. The molecule has 0 spiro atoms. The zero-order valence-electron chi connectivity index (χ0n) is 7.05. The number of alkyl halides is 1. The van der Waals surface area contributed by atoms with Crippen LogP contribution in [-0.4, -0.2) is 0 Å². The van der Waals surface area contributed by atoms with Crippen LogP contribution in [0.25, 0.3) is 11.0 Å². The Morgan fingerprint density at radius 3 is 2.85 bits per heavy atom. The van der Waals surface area contributed by atoms with Crippen LogP contribution in [0, 0.1) is 0 Å². The zero-order valence-corrected chi connectivity index (χ0v) is 9.39. The van der Waals surface area contributed by atoms with Crippen molar-refractivity contribution in [2.24, 2.45) is 0 Å². The lowest BCUT2D eigenvalue weighted by atomic mass is 10.2. The number of hydrogen-bond donors (Lipinski definition) is 0. The lowest BCUT2D eigenvalue weighted by Crippen LogP contribution is -1.75. The van der Waals surface area contributed by atoms with E-state index in [1.165, 1.54) is 0 Å². The molecule has 1 aromatic carbocycles. The summed E-state index contributed by atoms with van der Waals surface area (Å²) in [5.74, 6) is 0.815. The van der Waals surface area contributed by atoms with Crippen LogP contribution in [0.15, 0.2) is 33.2 Å². The zero-order chi connectivity index (χ0) is 9.42. The molecule has 1 unspecified atom stereocenters. The third-order valence-corrected chi connectivity index (χ3v) is 2.60. The molecule has 1 atom stereocenters. The van der Waals surface area contributed by atoms with E-state index in [-0.39, 0.29) is 5.38 Å². The molecule has 0 N–H and O–H groups in total. The molecule has 0 amide bonds. The molecule has 13 heavy (non-hydrogen) atoms. The Labute approximate surface area is 89.8 Å². The van der Waals surface area contributed by atoms with Gasteiger partial charge in [-0.2, -0.15) is 0 Å². The van der Waals surface area contributed by atoms with Gasteiger partial charge in [0.15, 0.2) is 0 Å². The first-order chi connectivity index (χ1) is 6.16. The van der Waals surface area contributed by atoms with E-state index in [2.05, 4.69) is 15.9 Å². The van der Waals surface area contributed by atoms with Crippen LogP contribution in [-0.2, 0) is 0 Å². The molecule has 0 aliphatic carbocycles. The summed E-state index contributed by atoms with van der Waals surface area (Å²) in [4.78, 5) is 0. The topological polar surface area (TPSA) is 13.1 Å². The highest BCUT2D eigenvalue weighted by molar-refractivity contribution is 9.10. The van der Waals surface area contributed by atoms with Crippen LogP contribution in [0.1, 0.15) is 18.1 Å². The summed E-state index contributed by atoms with van der Waals surface area (Å²) in [5, 5.41) is 1.00. The number of fused-ring (bicyclic) bond motifs is 1. The van der Waals surface area contributed by atoms with Crippen molar-refractivity contribution in [3.63, 3.8) is 0 Å². The average molecular weight is 260 g/mol. The predicted molar refractivity (Wildman–Crippen MR) is 58.2 cm³/mol. The van der Waals surface area contributed by atoms with Crippen LogP contribution < -0.4 is 0 Å². The van der Waals surface area contributed by atoms with Gasteiger partial charge in [0, 0.05) is 9.86 Å². The summed E-state index contributed by atoms with van der Waals surface area (Å²) in [6.45, 7) is 1.90. The molecule has 0 bridgehead atoms. The molecule has 0 aliphatic rings. The molecular weight excluding hydrogens is 251 g/mol. The summed E-state index contributed by atoms with van der Waals surface area (Å²) < 4.78 is 6.58. The third kappa shape index (κ3) is 1.74. The summed E-state index contributed by atoms with van der Waals surface area (Å²) >= 11 is 9.31. The minimum Gasteiger partial charge on any atom is -0.460 e. The van der Waals surface area contributed by atoms with Gasteiger partial charge < -0.3 is 4.42 Å². The maximum Gasteiger partial charge on any atom is 0.134 e. The van der Waals surface area contributed by atoms with Gasteiger partial charge in [-0.15, -0.1) is 11.6 Å². The predicted octanol–water partition coefficient (Wildman–Crippen LogP) is 4.50. The van der Waals surface area contributed by atoms with Crippen LogP contribution in [0.2, 0.25) is 0 Å². The van der Waals surface area contributed by atoms with E-state index in [0.717, 1.165) is 21.2 Å². The second kappa shape index (κ2) is 3.35. The molecule has 0 saturated heterocycles. The van der Waals surface area contributed by atoms with E-state index in [4.69, 9.17) is 16.0 Å². The molecule has 2 rings (SSSR count). The van der Waals surface area contributed by atoms with Gasteiger partial charge >= 0.3 is 0 Å². The maximum atomic E-state index is 5.91. The number of furan rings is 1. The fraction of sp³-hybridized carbons (Fsp3) is 0.200. The van der Waals surface area contributed by atoms with Crippen LogP contribution >= 0.6 is 27.5 Å². The van der Waals surface area contributed by atoms with Crippen molar-refractivity contribution in [1.82, 2.24) is 0 Å². The molecule has 3 heteroatoms. The van der Waals surface area contributed by atoms with Crippen molar-refractivity contribution in [2.75, 3.05) is 0 Å². The maximum absolute atomic E-state index is 5.91.